The predicted octanol–water partition coefficient (Wildman–Crippen LogP) is 2.67. The van der Waals surface area contributed by atoms with E-state index in [9.17, 15) is 0 Å². The monoisotopic (exact) mass is 250 g/mol. The Kier molecular flexibility index (Phi) is 3.03. The Hall–Kier alpha value is -1.26. The second kappa shape index (κ2) is 4.31. The molecule has 0 bridgehead atoms. The lowest BCUT2D eigenvalue weighted by Crippen LogP contribution is -1.91. The molecule has 2 nitrogen and oxygen atoms in total. The van der Waals surface area contributed by atoms with Gasteiger partial charge in [0.2, 0.25) is 0 Å². The number of rotatable bonds is 2. The van der Waals surface area contributed by atoms with Gasteiger partial charge in [0.05, 0.1) is 14.2 Å². The van der Waals surface area contributed by atoms with E-state index in [1.165, 1.54) is 0 Å². The number of methoxy groups -OCH3 is 2. The number of benzene rings is 2. The van der Waals surface area contributed by atoms with E-state index in [2.05, 4.69) is 0 Å². The lowest BCUT2D eigenvalue weighted by Gasteiger charge is -2.18. The summed E-state index contributed by atoms with van der Waals surface area (Å²) in [6.45, 7) is 0. The van der Waals surface area contributed by atoms with Crippen molar-refractivity contribution in [3.05, 3.63) is 24.3 Å². The first kappa shape index (κ1) is 11.2. The van der Waals surface area contributed by atoms with Gasteiger partial charge in [0.25, 0.3) is 0 Å². The zero-order valence-electron chi connectivity index (χ0n) is 8.94. The maximum absolute atomic E-state index is 5.27. The third-order valence-electron chi connectivity index (χ3n) is 2.39. The molecule has 0 aliphatic carbocycles. The van der Waals surface area contributed by atoms with Gasteiger partial charge in [-0.1, -0.05) is 6.07 Å². The third-order valence-corrected chi connectivity index (χ3v) is 2.97. The van der Waals surface area contributed by atoms with Crippen LogP contribution >= 0.6 is 0 Å². The van der Waals surface area contributed by atoms with Crippen molar-refractivity contribution in [3.63, 3.8) is 0 Å². The molecule has 0 saturated heterocycles. The highest BCUT2D eigenvalue weighted by Crippen LogP contribution is 2.34. The molecule has 0 N–H and O–H groups in total. The van der Waals surface area contributed by atoms with Crippen LogP contribution in [0, 0.1) is 0 Å². The highest BCUT2D eigenvalue weighted by molar-refractivity contribution is 7.59. The minimum atomic E-state index is 0.679. The highest BCUT2D eigenvalue weighted by Gasteiger charge is 2.05. The first-order chi connectivity index (χ1) is 7.65. The Morgan fingerprint density at radius 2 is 1.50 bits per heavy atom. The average Bonchev–Trinajstić information content (AvgIpc) is 2.27. The van der Waals surface area contributed by atoms with Crippen molar-refractivity contribution < 1.29 is 9.47 Å². The van der Waals surface area contributed by atoms with E-state index in [1.807, 2.05) is 18.2 Å². The summed E-state index contributed by atoms with van der Waals surface area (Å²) in [6, 6.07) is 7.48. The minimum absolute atomic E-state index is 0.679. The normalized spacial score (nSPS) is 10.4. The molecule has 16 heavy (non-hydrogen) atoms. The van der Waals surface area contributed by atoms with Crippen molar-refractivity contribution in [2.45, 2.75) is 9.79 Å². The maximum Gasteiger partial charge on any atom is 0.161 e. The summed E-state index contributed by atoms with van der Waals surface area (Å²) in [6.07, 6.45) is 0. The van der Waals surface area contributed by atoms with Crippen molar-refractivity contribution in [3.8, 4) is 11.5 Å². The van der Waals surface area contributed by atoms with Gasteiger partial charge in [0.15, 0.2) is 11.5 Å². The Bertz CT molecular complexity index is 538. The van der Waals surface area contributed by atoms with Gasteiger partial charge in [-0.15, -0.1) is 6.07 Å². The van der Waals surface area contributed by atoms with E-state index < -0.39 is 0 Å². The fourth-order valence-corrected chi connectivity index (χ4v) is 2.25. The molecule has 0 heterocycles. The van der Waals surface area contributed by atoms with Gasteiger partial charge in [-0.2, -0.15) is 9.79 Å². The van der Waals surface area contributed by atoms with Crippen molar-refractivity contribution in [1.82, 2.24) is 0 Å². The highest BCUT2D eigenvalue weighted by atomic mass is 32.1. The summed E-state index contributed by atoms with van der Waals surface area (Å²) in [5, 5.41) is 1.94. The number of hydrogen-bond acceptors (Lipinski definition) is 4. The summed E-state index contributed by atoms with van der Waals surface area (Å²) >= 11 is 10.4. The lowest BCUT2D eigenvalue weighted by atomic mass is 10.1. The zero-order chi connectivity index (χ0) is 11.7. The van der Waals surface area contributed by atoms with Crippen LogP contribution in [-0.4, -0.2) is 14.2 Å². The van der Waals surface area contributed by atoms with Crippen molar-refractivity contribution in [2.24, 2.45) is 0 Å². The number of fused-ring (bicyclic) bond motifs is 1. The first-order valence-electron chi connectivity index (χ1n) is 4.69. The molecule has 0 radical (unpaired) electrons. The summed E-state index contributed by atoms with van der Waals surface area (Å²) in [4.78, 5) is 1.48. The number of hydrogen-bond donors (Lipinski definition) is 0. The molecule has 0 aliphatic rings. The van der Waals surface area contributed by atoms with Crippen LogP contribution in [0.1, 0.15) is 0 Å². The predicted molar refractivity (Wildman–Crippen MR) is 68.3 cm³/mol. The van der Waals surface area contributed by atoms with Crippen LogP contribution in [0.25, 0.3) is 10.8 Å². The lowest BCUT2D eigenvalue weighted by molar-refractivity contribution is 0.356. The summed E-state index contributed by atoms with van der Waals surface area (Å²) in [5.74, 6) is 1.36. The average molecular weight is 250 g/mol. The first-order valence-corrected chi connectivity index (χ1v) is 5.51. The smallest absolute Gasteiger partial charge is 0.161 e. The Morgan fingerprint density at radius 1 is 0.875 bits per heavy atom. The molecule has 2 aromatic carbocycles. The molecule has 0 saturated carbocycles. The largest absolute Gasteiger partial charge is 0.780 e. The van der Waals surface area contributed by atoms with Crippen LogP contribution in [0.5, 0.6) is 11.5 Å². The molecule has 84 valence electrons. The number of ether oxygens (including phenoxy) is 2. The minimum Gasteiger partial charge on any atom is -0.780 e. The molecule has 2 aromatic rings. The molecule has 0 aromatic heterocycles. The van der Waals surface area contributed by atoms with Crippen molar-refractivity contribution >= 4 is 36.0 Å². The molecular weight excluding hydrogens is 240 g/mol. The molecule has 0 atom stereocenters. The van der Waals surface area contributed by atoms with E-state index in [0.717, 1.165) is 20.6 Å². The van der Waals surface area contributed by atoms with Crippen LogP contribution in [-0.2, 0) is 25.3 Å². The molecule has 0 aliphatic heterocycles. The van der Waals surface area contributed by atoms with Crippen LogP contribution in [0.4, 0.5) is 0 Å². The van der Waals surface area contributed by atoms with Gasteiger partial charge < -0.3 is 34.7 Å². The Labute approximate surface area is 105 Å². The molecule has 0 spiro atoms. The molecule has 0 amide bonds. The quantitative estimate of drug-likeness (QED) is 0.762. The van der Waals surface area contributed by atoms with Gasteiger partial charge in [0, 0.05) is 0 Å². The van der Waals surface area contributed by atoms with Crippen LogP contribution in [0.15, 0.2) is 34.1 Å². The fraction of sp³-hybridized carbons (Fsp3) is 0.167. The van der Waals surface area contributed by atoms with Gasteiger partial charge in [-0.25, -0.2) is 0 Å². The van der Waals surface area contributed by atoms with Gasteiger partial charge in [-0.05, 0) is 22.9 Å². The third kappa shape index (κ3) is 1.86. The van der Waals surface area contributed by atoms with Gasteiger partial charge in [-0.3, -0.25) is 0 Å². The summed E-state index contributed by atoms with van der Waals surface area (Å²) in [5.41, 5.74) is 0. The van der Waals surface area contributed by atoms with Gasteiger partial charge in [0.1, 0.15) is 0 Å². The van der Waals surface area contributed by atoms with E-state index in [4.69, 9.17) is 34.7 Å². The zero-order valence-corrected chi connectivity index (χ0v) is 10.6. The van der Waals surface area contributed by atoms with Crippen LogP contribution in [0.2, 0.25) is 0 Å². The summed E-state index contributed by atoms with van der Waals surface area (Å²) < 4.78 is 10.5. The topological polar surface area (TPSA) is 18.5 Å². The summed E-state index contributed by atoms with van der Waals surface area (Å²) in [7, 11) is 3.21. The van der Waals surface area contributed by atoms with E-state index in [1.54, 1.807) is 20.3 Å². The Balaban J connectivity index is 2.78. The van der Waals surface area contributed by atoms with E-state index in [-0.39, 0.29) is 0 Å². The molecule has 0 fully saturated rings. The Morgan fingerprint density at radius 3 is 2.12 bits per heavy atom. The second-order valence-electron chi connectivity index (χ2n) is 3.35. The van der Waals surface area contributed by atoms with E-state index >= 15 is 0 Å². The fourth-order valence-electron chi connectivity index (χ4n) is 1.63. The maximum atomic E-state index is 5.27. The molecular formula is C12H10O2S2-2. The van der Waals surface area contributed by atoms with Crippen LogP contribution in [0.3, 0.4) is 0 Å². The van der Waals surface area contributed by atoms with Crippen molar-refractivity contribution in [2.75, 3.05) is 14.2 Å². The SMILES string of the molecule is COc1cc2cc([S-])cc([S-])c2cc1OC. The van der Waals surface area contributed by atoms with E-state index in [0.29, 0.717) is 11.5 Å². The molecule has 4 heteroatoms. The standard InChI is InChI=1S/C12H12O2S2/c1-13-10-4-7-3-8(15)5-12(16)9(7)6-11(10)14-2/h3-6,15-16H,1-2H3/p-2. The molecule has 0 unspecified atom stereocenters. The van der Waals surface area contributed by atoms with Crippen molar-refractivity contribution in [1.29, 1.82) is 0 Å². The second-order valence-corrected chi connectivity index (χ2v) is 4.26. The molecule has 2 rings (SSSR count). The van der Waals surface area contributed by atoms with Gasteiger partial charge >= 0.3 is 0 Å². The van der Waals surface area contributed by atoms with Crippen LogP contribution < -0.4 is 9.47 Å².